The number of benzene rings is 1. The molecule has 1 aromatic rings. The first-order valence-corrected chi connectivity index (χ1v) is 7.16. The molecule has 0 bridgehead atoms. The third-order valence-corrected chi connectivity index (χ3v) is 3.84. The normalized spacial score (nSPS) is 18.2. The molecule has 1 aromatic carbocycles. The van der Waals surface area contributed by atoms with Crippen molar-refractivity contribution < 1.29 is 14.7 Å². The van der Waals surface area contributed by atoms with Gasteiger partial charge in [-0.2, -0.15) is 0 Å². The second-order valence-corrected chi connectivity index (χ2v) is 6.34. The zero-order chi connectivity index (χ0) is 15.6. The van der Waals surface area contributed by atoms with Gasteiger partial charge in [0.1, 0.15) is 6.04 Å². The lowest BCUT2D eigenvalue weighted by molar-refractivity contribution is -0.151. The largest absolute Gasteiger partial charge is 0.480 e. The minimum atomic E-state index is -0.954. The molecule has 2 rings (SSSR count). The number of hydrogen-bond donors (Lipinski definition) is 2. The van der Waals surface area contributed by atoms with Crippen molar-refractivity contribution in [3.8, 4) is 0 Å². The fraction of sp³-hybridized carbons (Fsp3) is 0.500. The van der Waals surface area contributed by atoms with E-state index in [9.17, 15) is 14.7 Å². The van der Waals surface area contributed by atoms with Gasteiger partial charge in [-0.1, -0.05) is 24.3 Å². The van der Waals surface area contributed by atoms with Crippen molar-refractivity contribution >= 4 is 11.9 Å². The molecule has 3 N–H and O–H groups in total. The molecule has 0 spiro atoms. The highest BCUT2D eigenvalue weighted by Gasteiger charge is 2.34. The summed E-state index contributed by atoms with van der Waals surface area (Å²) >= 11 is 0. The summed E-state index contributed by atoms with van der Waals surface area (Å²) in [5.74, 6) is -1.10. The summed E-state index contributed by atoms with van der Waals surface area (Å²) in [6.45, 7) is 4.08. The van der Waals surface area contributed by atoms with E-state index in [1.54, 1.807) is 0 Å². The van der Waals surface area contributed by atoms with Crippen LogP contribution in [0, 0.1) is 0 Å². The van der Waals surface area contributed by atoms with Gasteiger partial charge in [0.05, 0.1) is 0 Å². The molecular weight excluding hydrogens is 268 g/mol. The maximum absolute atomic E-state index is 12.4. The van der Waals surface area contributed by atoms with Crippen molar-refractivity contribution in [3.63, 3.8) is 0 Å². The molecule has 5 heteroatoms. The molecule has 0 saturated heterocycles. The number of hydrogen-bond acceptors (Lipinski definition) is 3. The number of fused-ring (bicyclic) bond motifs is 1. The summed E-state index contributed by atoms with van der Waals surface area (Å²) in [6, 6.07) is 6.89. The predicted molar refractivity (Wildman–Crippen MR) is 79.6 cm³/mol. The number of nitrogens with zero attached hydrogens (tertiary/aromatic N) is 1. The van der Waals surface area contributed by atoms with Crippen LogP contribution in [-0.2, 0) is 22.6 Å². The fourth-order valence-corrected chi connectivity index (χ4v) is 2.58. The number of nitrogens with two attached hydrogens (primary N) is 1. The molecule has 0 unspecified atom stereocenters. The summed E-state index contributed by atoms with van der Waals surface area (Å²) < 4.78 is 0. The Bertz CT molecular complexity index is 549. The molecule has 0 radical (unpaired) electrons. The Morgan fingerprint density at radius 2 is 1.95 bits per heavy atom. The summed E-state index contributed by atoms with van der Waals surface area (Å²) in [7, 11) is 0. The van der Waals surface area contributed by atoms with E-state index in [2.05, 4.69) is 0 Å². The first kappa shape index (κ1) is 15.5. The zero-order valence-corrected chi connectivity index (χ0v) is 12.5. The highest BCUT2D eigenvalue weighted by Crippen LogP contribution is 2.25. The maximum Gasteiger partial charge on any atom is 0.326 e. The Labute approximate surface area is 124 Å². The Morgan fingerprint density at radius 3 is 2.52 bits per heavy atom. The van der Waals surface area contributed by atoms with Gasteiger partial charge in [-0.05, 0) is 31.4 Å². The number of rotatable bonds is 4. The summed E-state index contributed by atoms with van der Waals surface area (Å²) in [5.41, 5.74) is 7.50. The minimum Gasteiger partial charge on any atom is -0.480 e. The molecule has 0 aromatic heterocycles. The van der Waals surface area contributed by atoms with Crippen molar-refractivity contribution in [1.82, 2.24) is 4.90 Å². The van der Waals surface area contributed by atoms with Crippen molar-refractivity contribution in [2.45, 2.75) is 51.2 Å². The van der Waals surface area contributed by atoms with Crippen LogP contribution in [0.5, 0.6) is 0 Å². The molecular formula is C16H22N2O3. The molecule has 0 aliphatic carbocycles. The van der Waals surface area contributed by atoms with Crippen LogP contribution in [0.4, 0.5) is 0 Å². The van der Waals surface area contributed by atoms with E-state index in [0.717, 1.165) is 11.1 Å². The molecule has 1 aliphatic heterocycles. The van der Waals surface area contributed by atoms with Crippen LogP contribution < -0.4 is 5.73 Å². The van der Waals surface area contributed by atoms with Gasteiger partial charge in [0, 0.05) is 24.9 Å². The number of amides is 1. The standard InChI is InChI=1S/C16H22N2O3/c1-16(2,17)8-7-14(19)18-10-12-6-4-3-5-11(12)9-13(18)15(20)21/h3-6,13H,7-10,17H2,1-2H3,(H,20,21)/t13-/m0/s1. The van der Waals surface area contributed by atoms with Crippen LogP contribution >= 0.6 is 0 Å². The molecule has 5 nitrogen and oxygen atoms in total. The highest BCUT2D eigenvalue weighted by molar-refractivity contribution is 5.84. The van der Waals surface area contributed by atoms with Crippen molar-refractivity contribution in [3.05, 3.63) is 35.4 Å². The van der Waals surface area contributed by atoms with Crippen LogP contribution in [0.3, 0.4) is 0 Å². The molecule has 1 amide bonds. The van der Waals surface area contributed by atoms with Gasteiger partial charge in [-0.25, -0.2) is 4.79 Å². The first-order valence-electron chi connectivity index (χ1n) is 7.16. The van der Waals surface area contributed by atoms with Crippen LogP contribution in [0.15, 0.2) is 24.3 Å². The van der Waals surface area contributed by atoms with E-state index in [4.69, 9.17) is 5.73 Å². The second-order valence-electron chi connectivity index (χ2n) is 6.34. The van der Waals surface area contributed by atoms with Gasteiger partial charge in [-0.3, -0.25) is 4.79 Å². The van der Waals surface area contributed by atoms with E-state index < -0.39 is 17.6 Å². The number of carboxylic acids is 1. The lowest BCUT2D eigenvalue weighted by Crippen LogP contribution is -2.49. The summed E-state index contributed by atoms with van der Waals surface area (Å²) in [6.07, 6.45) is 1.18. The number of carboxylic acid groups (broad SMARTS) is 1. The minimum absolute atomic E-state index is 0.143. The lowest BCUT2D eigenvalue weighted by atomic mass is 9.92. The van der Waals surface area contributed by atoms with E-state index >= 15 is 0 Å². The van der Waals surface area contributed by atoms with Crippen LogP contribution in [0.25, 0.3) is 0 Å². The second kappa shape index (κ2) is 5.85. The number of carbonyl (C=O) groups excluding carboxylic acids is 1. The quantitative estimate of drug-likeness (QED) is 0.881. The topological polar surface area (TPSA) is 83.6 Å². The van der Waals surface area contributed by atoms with E-state index in [1.807, 2.05) is 38.1 Å². The molecule has 1 atom stereocenters. The van der Waals surface area contributed by atoms with Gasteiger partial charge in [0.2, 0.25) is 5.91 Å². The Balaban J connectivity index is 2.17. The average molecular weight is 290 g/mol. The molecule has 1 heterocycles. The van der Waals surface area contributed by atoms with Crippen LogP contribution in [0.1, 0.15) is 37.8 Å². The van der Waals surface area contributed by atoms with Crippen molar-refractivity contribution in [1.29, 1.82) is 0 Å². The Hall–Kier alpha value is -1.88. The van der Waals surface area contributed by atoms with Gasteiger partial charge in [0.15, 0.2) is 0 Å². The smallest absolute Gasteiger partial charge is 0.326 e. The van der Waals surface area contributed by atoms with E-state index in [1.165, 1.54) is 4.90 Å². The third-order valence-electron chi connectivity index (χ3n) is 3.84. The van der Waals surface area contributed by atoms with E-state index in [0.29, 0.717) is 19.4 Å². The maximum atomic E-state index is 12.4. The molecule has 0 saturated carbocycles. The first-order chi connectivity index (χ1) is 9.78. The monoisotopic (exact) mass is 290 g/mol. The molecule has 0 fully saturated rings. The summed E-state index contributed by atoms with van der Waals surface area (Å²) in [4.78, 5) is 25.3. The fourth-order valence-electron chi connectivity index (χ4n) is 2.58. The molecule has 21 heavy (non-hydrogen) atoms. The van der Waals surface area contributed by atoms with Crippen LogP contribution in [0.2, 0.25) is 0 Å². The van der Waals surface area contributed by atoms with Gasteiger partial charge >= 0.3 is 5.97 Å². The van der Waals surface area contributed by atoms with E-state index in [-0.39, 0.29) is 12.3 Å². The predicted octanol–water partition coefficient (Wildman–Crippen LogP) is 1.54. The lowest BCUT2D eigenvalue weighted by Gasteiger charge is -2.35. The number of aliphatic carboxylic acids is 1. The third kappa shape index (κ3) is 3.82. The number of carbonyl (C=O) groups is 2. The average Bonchev–Trinajstić information content (AvgIpc) is 2.42. The van der Waals surface area contributed by atoms with Crippen molar-refractivity contribution in [2.75, 3.05) is 0 Å². The molecule has 114 valence electrons. The van der Waals surface area contributed by atoms with Gasteiger partial charge < -0.3 is 15.7 Å². The van der Waals surface area contributed by atoms with Gasteiger partial charge in [-0.15, -0.1) is 0 Å². The SMILES string of the molecule is CC(C)(N)CCC(=O)N1Cc2ccccc2C[C@H]1C(=O)O. The Kier molecular flexibility index (Phi) is 4.32. The summed E-state index contributed by atoms with van der Waals surface area (Å²) in [5, 5.41) is 9.39. The Morgan fingerprint density at radius 1 is 1.33 bits per heavy atom. The van der Waals surface area contributed by atoms with Gasteiger partial charge in [0.25, 0.3) is 0 Å². The van der Waals surface area contributed by atoms with Crippen LogP contribution in [-0.4, -0.2) is 33.5 Å². The zero-order valence-electron chi connectivity index (χ0n) is 12.5. The molecule has 1 aliphatic rings. The highest BCUT2D eigenvalue weighted by atomic mass is 16.4. The van der Waals surface area contributed by atoms with Crippen molar-refractivity contribution in [2.24, 2.45) is 5.73 Å².